The van der Waals surface area contributed by atoms with Crippen molar-refractivity contribution in [1.29, 1.82) is 0 Å². The van der Waals surface area contributed by atoms with Crippen LogP contribution in [-0.4, -0.2) is 24.1 Å². The number of fused-ring (bicyclic) bond motifs is 13. The molecule has 0 unspecified atom stereocenters. The third-order valence-corrected chi connectivity index (χ3v) is 13.8. The predicted molar refractivity (Wildman–Crippen MR) is 283 cm³/mol. The summed E-state index contributed by atoms with van der Waals surface area (Å²) in [5, 5.41) is 11.8. The molecule has 0 N–H and O–H groups in total. The Bertz CT molecular complexity index is 4280. The number of aromatic nitrogens is 5. The third-order valence-electron chi connectivity index (χ3n) is 13.8. The molecule has 0 fully saturated rings. The minimum Gasteiger partial charge on any atom is -0.307 e. The molecule has 316 valence electrons. The van der Waals surface area contributed by atoms with Gasteiger partial charge < -0.3 is 4.57 Å². The highest BCUT2D eigenvalue weighted by molar-refractivity contribution is 6.26. The fraction of sp³-hybridized carbons (Fsp3) is 0. The fourth-order valence-electron chi connectivity index (χ4n) is 10.7. The molecule has 3 aromatic heterocycles. The Kier molecular flexibility index (Phi) is 8.52. The van der Waals surface area contributed by atoms with Crippen molar-refractivity contribution in [3.05, 3.63) is 237 Å². The summed E-state index contributed by atoms with van der Waals surface area (Å²) in [5.74, 6) is 1.74. The molecule has 0 bridgehead atoms. The first-order chi connectivity index (χ1) is 33.7. The molecule has 0 atom stereocenters. The summed E-state index contributed by atoms with van der Waals surface area (Å²) in [6.45, 7) is 0. The summed E-state index contributed by atoms with van der Waals surface area (Å²) in [5.41, 5.74) is 11.7. The molecule has 3 heterocycles. The molecule has 0 amide bonds. The molecule has 0 saturated carbocycles. The van der Waals surface area contributed by atoms with E-state index in [0.717, 1.165) is 82.7 Å². The smallest absolute Gasteiger partial charge is 0.238 e. The Morgan fingerprint density at radius 2 is 0.691 bits per heavy atom. The minimum atomic E-state index is 0.547. The number of rotatable bonds is 6. The highest BCUT2D eigenvalue weighted by atomic mass is 15.2. The maximum atomic E-state index is 5.56. The van der Waals surface area contributed by atoms with Crippen molar-refractivity contribution in [2.24, 2.45) is 0 Å². The van der Waals surface area contributed by atoms with Crippen LogP contribution >= 0.6 is 0 Å². The third kappa shape index (κ3) is 5.86. The van der Waals surface area contributed by atoms with E-state index in [0.29, 0.717) is 17.6 Å². The van der Waals surface area contributed by atoms with E-state index in [1.54, 1.807) is 0 Å². The van der Waals surface area contributed by atoms with Crippen LogP contribution in [0, 0.1) is 0 Å². The first-order valence-electron chi connectivity index (χ1n) is 23.1. The van der Waals surface area contributed by atoms with Crippen LogP contribution in [0.3, 0.4) is 0 Å². The van der Waals surface area contributed by atoms with Gasteiger partial charge in [-0.2, -0.15) is 9.97 Å². The van der Waals surface area contributed by atoms with Crippen molar-refractivity contribution in [2.75, 3.05) is 0 Å². The maximum absolute atomic E-state index is 5.56. The Morgan fingerprint density at radius 3 is 1.34 bits per heavy atom. The molecule has 14 aromatic rings. The van der Waals surface area contributed by atoms with Crippen molar-refractivity contribution >= 4 is 75.9 Å². The zero-order chi connectivity index (χ0) is 44.7. The van der Waals surface area contributed by atoms with Gasteiger partial charge in [-0.3, -0.25) is 4.57 Å². The molecule has 0 radical (unpaired) electrons. The molecule has 0 aliphatic heterocycles. The lowest BCUT2D eigenvalue weighted by atomic mass is 9.93. The zero-order valence-electron chi connectivity index (χ0n) is 36.8. The Hall–Kier alpha value is -9.19. The molecule has 0 saturated heterocycles. The average molecular weight is 866 g/mol. The average Bonchev–Trinajstić information content (AvgIpc) is 3.94. The standard InChI is InChI=1S/C63H39N5/c1-3-18-40(19-4-1)42-22-17-23-43(38-42)61-64-62(44-34-35-50-48-27-8-7-25-46(48)47-26-9-10-28-49(47)55(50)39-44)66-63(65-61)68-58-33-16-13-30-52(58)54-37-36-53-51-29-12-15-32-57(51)67(59(53)60(54)68)56-31-14-11-24-45(56)41-20-5-2-6-21-41/h1-39H. The van der Waals surface area contributed by atoms with Crippen molar-refractivity contribution in [3.63, 3.8) is 0 Å². The van der Waals surface area contributed by atoms with Gasteiger partial charge in [0, 0.05) is 38.2 Å². The van der Waals surface area contributed by atoms with Crippen LogP contribution in [0.1, 0.15) is 0 Å². The van der Waals surface area contributed by atoms with Gasteiger partial charge in [0.05, 0.1) is 27.8 Å². The first kappa shape index (κ1) is 38.1. The molecule has 0 spiro atoms. The van der Waals surface area contributed by atoms with E-state index in [-0.39, 0.29) is 0 Å². The van der Waals surface area contributed by atoms with Gasteiger partial charge in [0.1, 0.15) is 0 Å². The zero-order valence-corrected chi connectivity index (χ0v) is 36.8. The van der Waals surface area contributed by atoms with E-state index in [2.05, 4.69) is 246 Å². The monoisotopic (exact) mass is 865 g/mol. The van der Waals surface area contributed by atoms with Crippen LogP contribution in [-0.2, 0) is 0 Å². The highest BCUT2D eigenvalue weighted by Crippen LogP contribution is 2.44. The normalized spacial score (nSPS) is 11.8. The van der Waals surface area contributed by atoms with Gasteiger partial charge in [-0.05, 0) is 79.3 Å². The largest absolute Gasteiger partial charge is 0.307 e. The van der Waals surface area contributed by atoms with E-state index in [9.17, 15) is 0 Å². The van der Waals surface area contributed by atoms with E-state index in [1.807, 2.05) is 0 Å². The number of benzene rings is 11. The minimum absolute atomic E-state index is 0.547. The summed E-state index contributed by atoms with van der Waals surface area (Å²) in [7, 11) is 0. The highest BCUT2D eigenvalue weighted by Gasteiger charge is 2.25. The molecule has 68 heavy (non-hydrogen) atoms. The first-order valence-corrected chi connectivity index (χ1v) is 23.1. The number of hydrogen-bond donors (Lipinski definition) is 0. The van der Waals surface area contributed by atoms with E-state index >= 15 is 0 Å². The van der Waals surface area contributed by atoms with E-state index < -0.39 is 0 Å². The van der Waals surface area contributed by atoms with E-state index in [4.69, 9.17) is 15.0 Å². The predicted octanol–water partition coefficient (Wildman–Crippen LogP) is 16.2. The van der Waals surface area contributed by atoms with Gasteiger partial charge in [0.15, 0.2) is 11.6 Å². The Balaban J connectivity index is 1.10. The molecular formula is C63H39N5. The number of hydrogen-bond acceptors (Lipinski definition) is 3. The Morgan fingerprint density at radius 1 is 0.250 bits per heavy atom. The topological polar surface area (TPSA) is 48.5 Å². The summed E-state index contributed by atoms with van der Waals surface area (Å²) in [6.07, 6.45) is 0. The van der Waals surface area contributed by atoms with Crippen LogP contribution in [0.2, 0.25) is 0 Å². The lowest BCUT2D eigenvalue weighted by molar-refractivity contribution is 0.953. The molecular weight excluding hydrogens is 827 g/mol. The quantitative estimate of drug-likeness (QED) is 0.156. The van der Waals surface area contributed by atoms with Gasteiger partial charge in [0.25, 0.3) is 0 Å². The summed E-state index contributed by atoms with van der Waals surface area (Å²) < 4.78 is 4.74. The second-order valence-electron chi connectivity index (χ2n) is 17.5. The fourth-order valence-corrected chi connectivity index (χ4v) is 10.7. The van der Waals surface area contributed by atoms with Crippen LogP contribution in [0.15, 0.2) is 237 Å². The van der Waals surface area contributed by atoms with E-state index in [1.165, 1.54) is 32.3 Å². The van der Waals surface area contributed by atoms with Crippen molar-refractivity contribution in [3.8, 4) is 56.7 Å². The Labute approximate surface area is 391 Å². The van der Waals surface area contributed by atoms with Gasteiger partial charge >= 0.3 is 0 Å². The summed E-state index contributed by atoms with van der Waals surface area (Å²) in [6, 6.07) is 84.5. The molecule has 0 aliphatic carbocycles. The SMILES string of the molecule is c1ccc(-c2cccc(-c3nc(-c4ccc5c6ccccc6c6ccccc6c5c4)nc(-n4c5ccccc5c5ccc6c7ccccc7n(-c7ccccc7-c7ccccc7)c6c54)n3)c2)cc1. The van der Waals surface area contributed by atoms with Gasteiger partial charge in [-0.25, -0.2) is 4.98 Å². The molecule has 14 rings (SSSR count). The van der Waals surface area contributed by atoms with Gasteiger partial charge in [-0.15, -0.1) is 0 Å². The van der Waals surface area contributed by atoms with Crippen molar-refractivity contribution in [2.45, 2.75) is 0 Å². The molecule has 11 aromatic carbocycles. The van der Waals surface area contributed by atoms with Crippen LogP contribution in [0.5, 0.6) is 0 Å². The van der Waals surface area contributed by atoms with Crippen LogP contribution < -0.4 is 0 Å². The summed E-state index contributed by atoms with van der Waals surface area (Å²) in [4.78, 5) is 16.5. The number of nitrogens with zero attached hydrogens (tertiary/aromatic N) is 5. The second kappa shape index (κ2) is 15.2. The maximum Gasteiger partial charge on any atom is 0.238 e. The van der Waals surface area contributed by atoms with Gasteiger partial charge in [-0.1, -0.05) is 206 Å². The van der Waals surface area contributed by atoms with Crippen LogP contribution in [0.25, 0.3) is 133 Å². The number of para-hydroxylation sites is 3. The summed E-state index contributed by atoms with van der Waals surface area (Å²) >= 11 is 0. The van der Waals surface area contributed by atoms with Crippen molar-refractivity contribution < 1.29 is 0 Å². The molecule has 5 heteroatoms. The molecule has 0 aliphatic rings. The lowest BCUT2D eigenvalue weighted by Gasteiger charge is -2.16. The lowest BCUT2D eigenvalue weighted by Crippen LogP contribution is -2.07. The molecule has 5 nitrogen and oxygen atoms in total. The van der Waals surface area contributed by atoms with Crippen LogP contribution in [0.4, 0.5) is 0 Å². The second-order valence-corrected chi connectivity index (χ2v) is 17.5. The van der Waals surface area contributed by atoms with Crippen molar-refractivity contribution in [1.82, 2.24) is 24.1 Å². The van der Waals surface area contributed by atoms with Gasteiger partial charge in [0.2, 0.25) is 5.95 Å².